The van der Waals surface area contributed by atoms with Crippen LogP contribution in [0.4, 0.5) is 11.8 Å². The molecule has 1 aliphatic rings. The quantitative estimate of drug-likeness (QED) is 0.559. The topological polar surface area (TPSA) is 67.1 Å². The summed E-state index contributed by atoms with van der Waals surface area (Å²) < 4.78 is 0. The minimum atomic E-state index is 0.376. The van der Waals surface area contributed by atoms with Crippen molar-refractivity contribution in [3.05, 3.63) is 12.3 Å². The summed E-state index contributed by atoms with van der Waals surface area (Å²) in [5.74, 6) is 6.69. The normalized spacial score (nSPS) is 19.3. The van der Waals surface area contributed by atoms with Crippen molar-refractivity contribution >= 4 is 11.8 Å². The van der Waals surface area contributed by atoms with E-state index in [4.69, 9.17) is 5.84 Å². The number of nitrogen functional groups attached to an aromatic ring is 1. The average molecular weight is 207 g/mol. The van der Waals surface area contributed by atoms with Crippen LogP contribution >= 0.6 is 0 Å². The molecule has 0 spiro atoms. The van der Waals surface area contributed by atoms with Crippen molar-refractivity contribution < 1.29 is 0 Å². The number of aromatic nitrogens is 2. The molecular formula is C10H17N5. The van der Waals surface area contributed by atoms with Crippen LogP contribution in [0.15, 0.2) is 12.3 Å². The SMILES string of the molecule is CC1(C)CCN(c2ccnc(NN)n2)C1. The van der Waals surface area contributed by atoms with Gasteiger partial charge in [0.05, 0.1) is 0 Å². The van der Waals surface area contributed by atoms with Gasteiger partial charge in [-0.1, -0.05) is 13.8 Å². The maximum Gasteiger partial charge on any atom is 0.239 e. The second-order valence-corrected chi connectivity index (χ2v) is 4.72. The number of hydrazine groups is 1. The van der Waals surface area contributed by atoms with Gasteiger partial charge in [-0.15, -0.1) is 0 Å². The lowest BCUT2D eigenvalue weighted by Crippen LogP contribution is -2.24. The minimum absolute atomic E-state index is 0.376. The second kappa shape index (κ2) is 3.66. The van der Waals surface area contributed by atoms with Crippen molar-refractivity contribution in [1.29, 1.82) is 0 Å². The van der Waals surface area contributed by atoms with Crippen molar-refractivity contribution in [2.75, 3.05) is 23.4 Å². The van der Waals surface area contributed by atoms with Crippen LogP contribution in [0.3, 0.4) is 0 Å². The molecular weight excluding hydrogens is 190 g/mol. The molecule has 0 unspecified atom stereocenters. The van der Waals surface area contributed by atoms with Gasteiger partial charge in [0.2, 0.25) is 5.95 Å². The number of rotatable bonds is 2. The molecule has 1 aromatic heterocycles. The van der Waals surface area contributed by atoms with Gasteiger partial charge in [0.15, 0.2) is 0 Å². The molecule has 0 atom stereocenters. The molecule has 0 radical (unpaired) electrons. The van der Waals surface area contributed by atoms with Crippen LogP contribution in [0.2, 0.25) is 0 Å². The maximum atomic E-state index is 5.28. The molecule has 2 heterocycles. The fourth-order valence-corrected chi connectivity index (χ4v) is 1.90. The molecule has 2 rings (SSSR count). The van der Waals surface area contributed by atoms with E-state index in [0.717, 1.165) is 18.9 Å². The standard InChI is InChI=1S/C10H17N5/c1-10(2)4-6-15(7-10)8-3-5-12-9(13-8)14-11/h3,5H,4,6-7,11H2,1-2H3,(H,12,13,14). The number of anilines is 2. The molecule has 15 heavy (non-hydrogen) atoms. The van der Waals surface area contributed by atoms with E-state index in [9.17, 15) is 0 Å². The zero-order valence-corrected chi connectivity index (χ0v) is 9.20. The van der Waals surface area contributed by atoms with Gasteiger partial charge in [-0.2, -0.15) is 4.98 Å². The summed E-state index contributed by atoms with van der Waals surface area (Å²) in [6, 6.07) is 1.92. The van der Waals surface area contributed by atoms with E-state index in [-0.39, 0.29) is 0 Å². The number of nitrogens with two attached hydrogens (primary N) is 1. The Morgan fingerprint density at radius 3 is 2.93 bits per heavy atom. The van der Waals surface area contributed by atoms with Crippen molar-refractivity contribution in [3.63, 3.8) is 0 Å². The number of hydrogen-bond acceptors (Lipinski definition) is 5. The molecule has 5 nitrogen and oxygen atoms in total. The molecule has 1 saturated heterocycles. The van der Waals surface area contributed by atoms with Crippen LogP contribution in [-0.4, -0.2) is 23.1 Å². The van der Waals surface area contributed by atoms with Gasteiger partial charge in [0, 0.05) is 19.3 Å². The Kier molecular flexibility index (Phi) is 2.48. The molecule has 1 aliphatic heterocycles. The Bertz CT molecular complexity index is 349. The molecule has 0 aliphatic carbocycles. The van der Waals surface area contributed by atoms with Gasteiger partial charge in [-0.25, -0.2) is 10.8 Å². The van der Waals surface area contributed by atoms with Gasteiger partial charge in [0.25, 0.3) is 0 Å². The van der Waals surface area contributed by atoms with E-state index < -0.39 is 0 Å². The number of nitrogens with zero attached hydrogens (tertiary/aromatic N) is 3. The first kappa shape index (κ1) is 10.2. The first-order valence-corrected chi connectivity index (χ1v) is 5.15. The van der Waals surface area contributed by atoms with E-state index in [1.165, 1.54) is 6.42 Å². The summed E-state index contributed by atoms with van der Waals surface area (Å²) in [6.07, 6.45) is 2.92. The van der Waals surface area contributed by atoms with E-state index in [0.29, 0.717) is 11.4 Å². The molecule has 3 N–H and O–H groups in total. The van der Waals surface area contributed by atoms with Crippen LogP contribution < -0.4 is 16.2 Å². The Morgan fingerprint density at radius 1 is 1.53 bits per heavy atom. The van der Waals surface area contributed by atoms with Gasteiger partial charge in [0.1, 0.15) is 5.82 Å². The average Bonchev–Trinajstić information content (AvgIpc) is 2.59. The lowest BCUT2D eigenvalue weighted by molar-refractivity contribution is 0.418. The molecule has 1 aromatic rings. The van der Waals surface area contributed by atoms with Gasteiger partial charge in [-0.05, 0) is 17.9 Å². The highest BCUT2D eigenvalue weighted by molar-refractivity contribution is 5.43. The summed E-state index contributed by atoms with van der Waals surface area (Å²) in [7, 11) is 0. The molecule has 0 amide bonds. The zero-order valence-electron chi connectivity index (χ0n) is 9.20. The molecule has 0 saturated carbocycles. The van der Waals surface area contributed by atoms with E-state index >= 15 is 0 Å². The predicted octanol–water partition coefficient (Wildman–Crippen LogP) is 0.999. The van der Waals surface area contributed by atoms with Crippen LogP contribution in [0.5, 0.6) is 0 Å². The highest BCUT2D eigenvalue weighted by Crippen LogP contribution is 2.31. The molecule has 0 aromatic carbocycles. The summed E-state index contributed by atoms with van der Waals surface area (Å²) in [5, 5.41) is 0. The monoisotopic (exact) mass is 207 g/mol. The van der Waals surface area contributed by atoms with Crippen LogP contribution in [-0.2, 0) is 0 Å². The molecule has 1 fully saturated rings. The van der Waals surface area contributed by atoms with Crippen LogP contribution in [0.1, 0.15) is 20.3 Å². The molecule has 5 heteroatoms. The fraction of sp³-hybridized carbons (Fsp3) is 0.600. The van der Waals surface area contributed by atoms with Crippen LogP contribution in [0.25, 0.3) is 0 Å². The fourth-order valence-electron chi connectivity index (χ4n) is 1.90. The first-order valence-electron chi connectivity index (χ1n) is 5.15. The smallest absolute Gasteiger partial charge is 0.239 e. The first-order chi connectivity index (χ1) is 7.11. The molecule has 82 valence electrons. The maximum absolute atomic E-state index is 5.28. The highest BCUT2D eigenvalue weighted by Gasteiger charge is 2.29. The third kappa shape index (κ3) is 2.18. The Labute approximate surface area is 89.7 Å². The number of hydrogen-bond donors (Lipinski definition) is 2. The van der Waals surface area contributed by atoms with Gasteiger partial charge in [-0.3, -0.25) is 5.43 Å². The summed E-state index contributed by atoms with van der Waals surface area (Å²) in [6.45, 7) is 6.63. The Balaban J connectivity index is 2.16. The minimum Gasteiger partial charge on any atom is -0.356 e. The molecule has 0 bridgehead atoms. The van der Waals surface area contributed by atoms with Gasteiger partial charge >= 0.3 is 0 Å². The lowest BCUT2D eigenvalue weighted by atomic mass is 9.93. The Morgan fingerprint density at radius 2 is 2.33 bits per heavy atom. The third-order valence-electron chi connectivity index (χ3n) is 2.77. The van der Waals surface area contributed by atoms with E-state index in [1.54, 1.807) is 6.20 Å². The lowest BCUT2D eigenvalue weighted by Gasteiger charge is -2.20. The zero-order chi connectivity index (χ0) is 10.9. The highest BCUT2D eigenvalue weighted by atomic mass is 15.3. The predicted molar refractivity (Wildman–Crippen MR) is 60.5 cm³/mol. The largest absolute Gasteiger partial charge is 0.356 e. The van der Waals surface area contributed by atoms with Crippen molar-refractivity contribution in [3.8, 4) is 0 Å². The second-order valence-electron chi connectivity index (χ2n) is 4.72. The summed E-state index contributed by atoms with van der Waals surface area (Å²) in [5.41, 5.74) is 2.84. The van der Waals surface area contributed by atoms with E-state index in [1.807, 2.05) is 6.07 Å². The summed E-state index contributed by atoms with van der Waals surface area (Å²) in [4.78, 5) is 10.6. The summed E-state index contributed by atoms with van der Waals surface area (Å²) >= 11 is 0. The van der Waals surface area contributed by atoms with Crippen molar-refractivity contribution in [1.82, 2.24) is 9.97 Å². The van der Waals surface area contributed by atoms with Gasteiger partial charge < -0.3 is 4.90 Å². The third-order valence-corrected chi connectivity index (χ3v) is 2.77. The van der Waals surface area contributed by atoms with Crippen LogP contribution in [0, 0.1) is 5.41 Å². The van der Waals surface area contributed by atoms with Crippen molar-refractivity contribution in [2.24, 2.45) is 11.3 Å². The van der Waals surface area contributed by atoms with E-state index in [2.05, 4.69) is 34.1 Å². The number of nitrogens with one attached hydrogen (secondary N) is 1. The van der Waals surface area contributed by atoms with Crippen molar-refractivity contribution in [2.45, 2.75) is 20.3 Å². The Hall–Kier alpha value is -1.36.